The summed E-state index contributed by atoms with van der Waals surface area (Å²) in [5, 5.41) is 2.59. The first-order valence-electron chi connectivity index (χ1n) is 14.9. The van der Waals surface area contributed by atoms with Gasteiger partial charge in [-0.05, 0) is 82.7 Å². The molecule has 2 aromatic rings. The average Bonchev–Trinajstić information content (AvgIpc) is 3.54. The number of pyridine rings is 1. The lowest BCUT2D eigenvalue weighted by Crippen LogP contribution is -2.56. The van der Waals surface area contributed by atoms with Crippen LogP contribution >= 0.6 is 10.2 Å². The van der Waals surface area contributed by atoms with Gasteiger partial charge in [0.1, 0.15) is 27.9 Å². The highest BCUT2D eigenvalue weighted by molar-refractivity contribution is 8.45. The molecule has 1 N–H and O–H groups in total. The average molecular weight is 699 g/mol. The van der Waals surface area contributed by atoms with E-state index in [1.54, 1.807) is 20.8 Å². The fourth-order valence-corrected chi connectivity index (χ4v) is 6.99. The lowest BCUT2D eigenvalue weighted by Gasteiger charge is -2.41. The van der Waals surface area contributed by atoms with Crippen LogP contribution in [0.5, 0.6) is 0 Å². The van der Waals surface area contributed by atoms with Crippen LogP contribution in [0, 0.1) is 11.7 Å². The van der Waals surface area contributed by atoms with Crippen molar-refractivity contribution in [2.24, 2.45) is 5.92 Å². The first-order chi connectivity index (χ1) is 21.4. The molecule has 1 aromatic carbocycles. The highest BCUT2D eigenvalue weighted by Gasteiger charge is 2.71. The van der Waals surface area contributed by atoms with Gasteiger partial charge < -0.3 is 10.1 Å². The molecule has 1 aliphatic heterocycles. The number of anilines is 1. The second kappa shape index (κ2) is 10.7. The van der Waals surface area contributed by atoms with Gasteiger partial charge in [-0.25, -0.2) is 18.0 Å². The fraction of sp³-hybridized carbons (Fsp3) is 0.533. The number of amides is 3. The number of aromatic nitrogens is 1. The van der Waals surface area contributed by atoms with E-state index < -0.39 is 92.4 Å². The Kier molecular flexibility index (Phi) is 7.89. The van der Waals surface area contributed by atoms with Gasteiger partial charge in [-0.2, -0.15) is 0 Å². The largest absolute Gasteiger partial charge is 0.444 e. The number of ether oxygens (including phenoxy) is 1. The molecule has 2 unspecified atom stereocenters. The SMILES string of the molecule is CC(C)(C)OC(=O)N1CCC2C[C@]21C(=O)N(c1ccc(S(F)(F)(F)(F)F)cc1)C(C(=O)NC1CCC(F)(F)CC1)c1cncc(F)c1. The number of hydrogen-bond acceptors (Lipinski definition) is 5. The number of fused-ring (bicyclic) bond motifs is 1. The van der Waals surface area contributed by atoms with Crippen molar-refractivity contribution in [1.29, 1.82) is 0 Å². The summed E-state index contributed by atoms with van der Waals surface area (Å²) in [6.07, 6.45) is 0.0439. The zero-order valence-corrected chi connectivity index (χ0v) is 26.4. The fourth-order valence-electron chi connectivity index (χ4n) is 6.34. The predicted molar refractivity (Wildman–Crippen MR) is 156 cm³/mol. The number of nitrogens with one attached hydrogen (secondary N) is 1. The molecule has 0 bridgehead atoms. The van der Waals surface area contributed by atoms with Crippen LogP contribution in [-0.4, -0.2) is 57.4 Å². The zero-order chi connectivity index (χ0) is 34.9. The van der Waals surface area contributed by atoms with Crippen molar-refractivity contribution in [3.8, 4) is 0 Å². The van der Waals surface area contributed by atoms with Gasteiger partial charge in [0.05, 0.1) is 6.20 Å². The summed E-state index contributed by atoms with van der Waals surface area (Å²) in [7, 11) is -10.2. The van der Waals surface area contributed by atoms with E-state index in [0.29, 0.717) is 18.6 Å². The molecular weight excluding hydrogens is 664 g/mol. The number of carbonyl (C=O) groups excluding carboxylic acids is 3. The molecule has 3 amide bonds. The monoisotopic (exact) mass is 698 g/mol. The number of benzene rings is 1. The molecule has 2 saturated carbocycles. The second-order valence-electron chi connectivity index (χ2n) is 13.4. The summed E-state index contributed by atoms with van der Waals surface area (Å²) in [4.78, 5) is 45.4. The summed E-state index contributed by atoms with van der Waals surface area (Å²) in [5.41, 5.74) is -3.28. The number of carbonyl (C=O) groups is 3. The lowest BCUT2D eigenvalue weighted by atomic mass is 9.91. The Morgan fingerprint density at radius 2 is 1.64 bits per heavy atom. The highest BCUT2D eigenvalue weighted by atomic mass is 32.5. The topological polar surface area (TPSA) is 91.8 Å². The molecule has 5 rings (SSSR count). The van der Waals surface area contributed by atoms with E-state index in [4.69, 9.17) is 4.74 Å². The summed E-state index contributed by atoms with van der Waals surface area (Å²) in [5.74, 6) is -6.30. The Morgan fingerprint density at radius 1 is 1.02 bits per heavy atom. The van der Waals surface area contributed by atoms with Gasteiger partial charge in [-0.3, -0.25) is 24.4 Å². The zero-order valence-electron chi connectivity index (χ0n) is 25.6. The van der Waals surface area contributed by atoms with E-state index in [9.17, 15) is 47.0 Å². The molecule has 0 spiro atoms. The smallest absolute Gasteiger partial charge is 0.411 e. The van der Waals surface area contributed by atoms with Crippen molar-refractivity contribution in [3.05, 3.63) is 54.1 Å². The van der Waals surface area contributed by atoms with Gasteiger partial charge in [0.25, 0.3) is 5.91 Å². The van der Waals surface area contributed by atoms with Gasteiger partial charge in [0, 0.05) is 42.9 Å². The molecular formula is C30H34F8N4O4S. The Morgan fingerprint density at radius 3 is 2.17 bits per heavy atom. The van der Waals surface area contributed by atoms with Crippen molar-refractivity contribution in [3.63, 3.8) is 0 Å². The number of rotatable bonds is 7. The van der Waals surface area contributed by atoms with Gasteiger partial charge in [-0.15, -0.1) is 0 Å². The second-order valence-corrected chi connectivity index (χ2v) is 15.8. The maximum Gasteiger partial charge on any atom is 0.411 e. The molecule has 8 nitrogen and oxygen atoms in total. The number of likely N-dealkylation sites (tertiary alicyclic amines) is 1. The summed E-state index contributed by atoms with van der Waals surface area (Å²) in [6.45, 7) is 4.87. The maximum atomic E-state index is 14.7. The summed E-state index contributed by atoms with van der Waals surface area (Å²) < 4.78 is 116. The van der Waals surface area contributed by atoms with E-state index in [2.05, 4.69) is 10.3 Å². The third-order valence-electron chi connectivity index (χ3n) is 8.63. The van der Waals surface area contributed by atoms with Crippen LogP contribution in [-0.2, 0) is 14.3 Å². The van der Waals surface area contributed by atoms with Crippen molar-refractivity contribution in [1.82, 2.24) is 15.2 Å². The Bertz CT molecular complexity index is 1580. The molecule has 1 saturated heterocycles. The molecule has 260 valence electrons. The first-order valence-corrected chi connectivity index (χ1v) is 16.8. The molecule has 17 heteroatoms. The van der Waals surface area contributed by atoms with Gasteiger partial charge in [0.2, 0.25) is 11.8 Å². The minimum atomic E-state index is -10.2. The van der Waals surface area contributed by atoms with Crippen molar-refractivity contribution < 1.29 is 51.7 Å². The molecule has 47 heavy (non-hydrogen) atoms. The number of alkyl halides is 2. The predicted octanol–water partition coefficient (Wildman–Crippen LogP) is 8.05. The van der Waals surface area contributed by atoms with E-state index in [1.807, 2.05) is 0 Å². The molecule has 3 fully saturated rings. The van der Waals surface area contributed by atoms with Crippen LogP contribution in [0.15, 0.2) is 47.6 Å². The number of hydrogen-bond donors (Lipinski definition) is 1. The number of halogens is 8. The first kappa shape index (κ1) is 34.7. The van der Waals surface area contributed by atoms with Gasteiger partial charge in [-0.1, -0.05) is 19.4 Å². The van der Waals surface area contributed by atoms with Crippen LogP contribution in [0.3, 0.4) is 0 Å². The quantitative estimate of drug-likeness (QED) is 0.296. The summed E-state index contributed by atoms with van der Waals surface area (Å²) in [6, 6.07) is -0.493. The Balaban J connectivity index is 1.62. The van der Waals surface area contributed by atoms with Crippen molar-refractivity contribution in [2.75, 3.05) is 11.4 Å². The maximum absolute atomic E-state index is 14.7. The van der Waals surface area contributed by atoms with E-state index >= 15 is 0 Å². The van der Waals surface area contributed by atoms with Crippen LogP contribution in [0.1, 0.15) is 70.9 Å². The summed E-state index contributed by atoms with van der Waals surface area (Å²) >= 11 is 0. The number of nitrogens with zero attached hydrogens (tertiary/aromatic N) is 3. The van der Waals surface area contributed by atoms with Crippen molar-refractivity contribution >= 4 is 33.8 Å². The van der Waals surface area contributed by atoms with Gasteiger partial charge >= 0.3 is 16.3 Å². The van der Waals surface area contributed by atoms with Crippen LogP contribution in [0.2, 0.25) is 0 Å². The molecule has 2 aliphatic carbocycles. The lowest BCUT2D eigenvalue weighted by molar-refractivity contribution is -0.130. The van der Waals surface area contributed by atoms with Crippen LogP contribution < -0.4 is 10.2 Å². The van der Waals surface area contributed by atoms with E-state index in [0.717, 1.165) is 23.4 Å². The van der Waals surface area contributed by atoms with Crippen LogP contribution in [0.4, 0.5) is 43.1 Å². The molecule has 2 heterocycles. The minimum Gasteiger partial charge on any atom is -0.444 e. The molecule has 0 radical (unpaired) electrons. The standard InChI is InChI=1S/C30H34F8N4O4S/c1-28(2,3)46-27(45)41-13-10-19-15-30(19,41)26(44)42(22-4-6-23(7-5-22)47(34,35,36,37)38)24(18-14-20(31)17-39-16-18)25(43)40-21-8-11-29(32,33)12-9-21/h4-7,14,16-17,19,21,24H,8-13,15H2,1-3H3,(H,40,43)/t19?,24?,30-/m1/s1. The van der Waals surface area contributed by atoms with Crippen LogP contribution in [0.25, 0.3) is 0 Å². The Labute approximate surface area is 265 Å². The molecule has 1 aromatic heterocycles. The molecule has 3 aliphatic rings. The van der Waals surface area contributed by atoms with E-state index in [1.165, 1.54) is 4.90 Å². The van der Waals surface area contributed by atoms with E-state index in [-0.39, 0.29) is 43.5 Å². The Hall–Kier alpha value is -3.63. The highest BCUT2D eigenvalue weighted by Crippen LogP contribution is 3.02. The van der Waals surface area contributed by atoms with Crippen molar-refractivity contribution in [2.45, 2.75) is 93.3 Å². The van der Waals surface area contributed by atoms with Gasteiger partial charge in [0.15, 0.2) is 0 Å². The number of piperidine rings is 1. The third kappa shape index (κ3) is 7.28. The third-order valence-corrected chi connectivity index (χ3v) is 9.79. The molecule has 3 atom stereocenters. The minimum absolute atomic E-state index is 0.0665. The normalized spacial score (nSPS) is 24.7.